The molecule has 0 saturated heterocycles. The molecule has 0 heterocycles. The van der Waals surface area contributed by atoms with Gasteiger partial charge in [-0.1, -0.05) is 30.3 Å². The van der Waals surface area contributed by atoms with Crippen molar-refractivity contribution in [1.29, 1.82) is 0 Å². The lowest BCUT2D eigenvalue weighted by molar-refractivity contribution is -0.385. The lowest BCUT2D eigenvalue weighted by Crippen LogP contribution is -2.35. The van der Waals surface area contributed by atoms with Crippen molar-refractivity contribution >= 4 is 17.6 Å². The van der Waals surface area contributed by atoms with Gasteiger partial charge in [0.25, 0.3) is 11.6 Å². The van der Waals surface area contributed by atoms with Gasteiger partial charge in [-0.05, 0) is 19.4 Å². The van der Waals surface area contributed by atoms with Gasteiger partial charge in [0.1, 0.15) is 5.56 Å². The van der Waals surface area contributed by atoms with E-state index in [1.807, 2.05) is 30.3 Å². The standard InChI is InChI=1S/C20H22N2O7/c1-4-28-18-10-15(16(22(25)26)11-17(18)27-3)20(24)29-13(2)19(23)21-12-14-8-6-5-7-9-14/h5-11,13H,4,12H2,1-3H3,(H,21,23). The molecule has 0 aromatic heterocycles. The highest BCUT2D eigenvalue weighted by Crippen LogP contribution is 2.35. The summed E-state index contributed by atoms with van der Waals surface area (Å²) in [5.74, 6) is -1.26. The molecule has 0 spiro atoms. The normalized spacial score (nSPS) is 11.3. The van der Waals surface area contributed by atoms with Crippen LogP contribution >= 0.6 is 0 Å². The highest BCUT2D eigenvalue weighted by molar-refractivity contribution is 5.96. The first-order valence-corrected chi connectivity index (χ1v) is 8.89. The Morgan fingerprint density at radius 2 is 1.86 bits per heavy atom. The molecule has 1 unspecified atom stereocenters. The van der Waals surface area contributed by atoms with Crippen molar-refractivity contribution in [3.05, 3.63) is 63.7 Å². The maximum Gasteiger partial charge on any atom is 0.346 e. The molecule has 1 atom stereocenters. The van der Waals surface area contributed by atoms with Gasteiger partial charge in [-0.25, -0.2) is 4.79 Å². The fourth-order valence-corrected chi connectivity index (χ4v) is 2.50. The average Bonchev–Trinajstić information content (AvgIpc) is 2.72. The van der Waals surface area contributed by atoms with Crippen LogP contribution in [0.25, 0.3) is 0 Å². The van der Waals surface area contributed by atoms with E-state index in [1.165, 1.54) is 20.1 Å². The summed E-state index contributed by atoms with van der Waals surface area (Å²) in [6, 6.07) is 11.5. The fraction of sp³-hybridized carbons (Fsp3) is 0.300. The van der Waals surface area contributed by atoms with Crippen LogP contribution in [0.15, 0.2) is 42.5 Å². The molecular weight excluding hydrogens is 380 g/mol. The Hall–Kier alpha value is -3.62. The molecule has 2 aromatic rings. The van der Waals surface area contributed by atoms with E-state index >= 15 is 0 Å². The number of rotatable bonds is 9. The Morgan fingerprint density at radius 1 is 1.17 bits per heavy atom. The van der Waals surface area contributed by atoms with E-state index in [9.17, 15) is 19.7 Å². The van der Waals surface area contributed by atoms with E-state index in [4.69, 9.17) is 14.2 Å². The third kappa shape index (κ3) is 5.68. The lowest BCUT2D eigenvalue weighted by atomic mass is 10.1. The van der Waals surface area contributed by atoms with E-state index in [0.29, 0.717) is 0 Å². The van der Waals surface area contributed by atoms with Gasteiger partial charge in [0.15, 0.2) is 17.6 Å². The smallest absolute Gasteiger partial charge is 0.346 e. The molecule has 0 aliphatic rings. The average molecular weight is 402 g/mol. The maximum absolute atomic E-state index is 12.5. The van der Waals surface area contributed by atoms with Crippen LogP contribution in [0.5, 0.6) is 11.5 Å². The van der Waals surface area contributed by atoms with Crippen LogP contribution in [0.1, 0.15) is 29.8 Å². The van der Waals surface area contributed by atoms with Gasteiger partial charge in [0, 0.05) is 12.6 Å². The van der Waals surface area contributed by atoms with E-state index in [-0.39, 0.29) is 30.2 Å². The SMILES string of the molecule is CCOc1cc(C(=O)OC(C)C(=O)NCc2ccccc2)c([N+](=O)[O-])cc1OC. The van der Waals surface area contributed by atoms with Gasteiger partial charge in [-0.15, -0.1) is 0 Å². The predicted octanol–water partition coefficient (Wildman–Crippen LogP) is 2.86. The summed E-state index contributed by atoms with van der Waals surface area (Å²) in [6.07, 6.45) is -1.15. The molecular formula is C20H22N2O7. The van der Waals surface area contributed by atoms with Gasteiger partial charge in [-0.3, -0.25) is 14.9 Å². The monoisotopic (exact) mass is 402 g/mol. The molecule has 0 radical (unpaired) electrons. The molecule has 2 rings (SSSR count). The molecule has 2 aromatic carbocycles. The lowest BCUT2D eigenvalue weighted by Gasteiger charge is -2.15. The van der Waals surface area contributed by atoms with Crippen molar-refractivity contribution in [1.82, 2.24) is 5.32 Å². The van der Waals surface area contributed by atoms with E-state index in [2.05, 4.69) is 5.32 Å². The second-order valence-electron chi connectivity index (χ2n) is 5.96. The number of carbonyl (C=O) groups excluding carboxylic acids is 2. The van der Waals surface area contributed by atoms with Gasteiger partial charge in [0.2, 0.25) is 0 Å². The third-order valence-corrected chi connectivity index (χ3v) is 3.96. The highest BCUT2D eigenvalue weighted by atomic mass is 16.6. The number of esters is 1. The molecule has 0 bridgehead atoms. The van der Waals surface area contributed by atoms with Crippen LogP contribution in [-0.4, -0.2) is 36.6 Å². The maximum atomic E-state index is 12.5. The van der Waals surface area contributed by atoms with Crippen molar-refractivity contribution in [2.24, 2.45) is 0 Å². The Labute approximate surface area is 167 Å². The Bertz CT molecular complexity index is 884. The topological polar surface area (TPSA) is 117 Å². The molecule has 29 heavy (non-hydrogen) atoms. The first-order chi connectivity index (χ1) is 13.9. The fourth-order valence-electron chi connectivity index (χ4n) is 2.50. The number of carbonyl (C=O) groups is 2. The second kappa shape index (κ2) is 10.1. The van der Waals surface area contributed by atoms with Crippen LogP contribution in [-0.2, 0) is 16.1 Å². The molecule has 0 aliphatic heterocycles. The molecule has 154 valence electrons. The largest absolute Gasteiger partial charge is 0.493 e. The number of nitro groups is 1. The zero-order chi connectivity index (χ0) is 21.4. The number of hydrogen-bond acceptors (Lipinski definition) is 7. The van der Waals surface area contributed by atoms with E-state index < -0.39 is 28.6 Å². The Kier molecular flexibility index (Phi) is 7.53. The van der Waals surface area contributed by atoms with Gasteiger partial charge < -0.3 is 19.5 Å². The summed E-state index contributed by atoms with van der Waals surface area (Å²) in [5, 5.41) is 14.0. The predicted molar refractivity (Wildman–Crippen MR) is 104 cm³/mol. The van der Waals surface area contributed by atoms with E-state index in [1.54, 1.807) is 6.92 Å². The number of ether oxygens (including phenoxy) is 3. The summed E-state index contributed by atoms with van der Waals surface area (Å²) in [6.45, 7) is 3.63. The van der Waals surface area contributed by atoms with Crippen LogP contribution < -0.4 is 14.8 Å². The molecule has 1 amide bonds. The van der Waals surface area contributed by atoms with E-state index in [0.717, 1.165) is 11.6 Å². The number of nitro benzene ring substituents is 1. The first kappa shape index (κ1) is 21.7. The van der Waals surface area contributed by atoms with Crippen molar-refractivity contribution in [3.63, 3.8) is 0 Å². The van der Waals surface area contributed by atoms with Gasteiger partial charge in [-0.2, -0.15) is 0 Å². The summed E-state index contributed by atoms with van der Waals surface area (Å²) < 4.78 is 15.6. The summed E-state index contributed by atoms with van der Waals surface area (Å²) in [7, 11) is 1.33. The van der Waals surface area contributed by atoms with Crippen LogP contribution in [0.4, 0.5) is 5.69 Å². The number of methoxy groups -OCH3 is 1. The molecule has 0 fully saturated rings. The van der Waals surface area contributed by atoms with Crippen LogP contribution in [0, 0.1) is 10.1 Å². The summed E-state index contributed by atoms with van der Waals surface area (Å²) in [4.78, 5) is 35.4. The highest BCUT2D eigenvalue weighted by Gasteiger charge is 2.28. The number of hydrogen-bond donors (Lipinski definition) is 1. The third-order valence-electron chi connectivity index (χ3n) is 3.96. The first-order valence-electron chi connectivity index (χ1n) is 8.89. The number of amides is 1. The van der Waals surface area contributed by atoms with Crippen molar-refractivity contribution < 1.29 is 28.7 Å². The second-order valence-corrected chi connectivity index (χ2v) is 5.96. The molecule has 9 heteroatoms. The summed E-state index contributed by atoms with van der Waals surface area (Å²) >= 11 is 0. The zero-order valence-electron chi connectivity index (χ0n) is 16.3. The van der Waals surface area contributed by atoms with Crippen molar-refractivity contribution in [2.45, 2.75) is 26.5 Å². The number of nitrogens with one attached hydrogen (secondary N) is 1. The van der Waals surface area contributed by atoms with Crippen LogP contribution in [0.2, 0.25) is 0 Å². The molecule has 0 aliphatic carbocycles. The van der Waals surface area contributed by atoms with Crippen LogP contribution in [0.3, 0.4) is 0 Å². The van der Waals surface area contributed by atoms with Crippen molar-refractivity contribution in [3.8, 4) is 11.5 Å². The van der Waals surface area contributed by atoms with Crippen molar-refractivity contribution in [2.75, 3.05) is 13.7 Å². The minimum atomic E-state index is -1.15. The Balaban J connectivity index is 2.14. The molecule has 1 N–H and O–H groups in total. The molecule has 9 nitrogen and oxygen atoms in total. The number of nitrogens with zero attached hydrogens (tertiary/aromatic N) is 1. The zero-order valence-corrected chi connectivity index (χ0v) is 16.3. The van der Waals surface area contributed by atoms with Gasteiger partial charge in [0.05, 0.1) is 24.7 Å². The quantitative estimate of drug-likeness (QED) is 0.389. The minimum Gasteiger partial charge on any atom is -0.493 e. The summed E-state index contributed by atoms with van der Waals surface area (Å²) in [5.41, 5.74) is 0.0423. The minimum absolute atomic E-state index is 0.115. The Morgan fingerprint density at radius 3 is 2.45 bits per heavy atom. The number of benzene rings is 2. The molecule has 0 saturated carbocycles. The van der Waals surface area contributed by atoms with Gasteiger partial charge >= 0.3 is 5.97 Å².